The van der Waals surface area contributed by atoms with Gasteiger partial charge in [0.15, 0.2) is 5.84 Å². The van der Waals surface area contributed by atoms with Crippen LogP contribution in [0.1, 0.15) is 24.2 Å². The summed E-state index contributed by atoms with van der Waals surface area (Å²) in [6.45, 7) is 4.51. The Balaban J connectivity index is 1.63. The molecule has 0 N–H and O–H groups in total. The molecular formula is C16H18N4O3S. The van der Waals surface area contributed by atoms with Gasteiger partial charge in [0.1, 0.15) is 11.0 Å². The highest BCUT2D eigenvalue weighted by atomic mass is 32.2. The van der Waals surface area contributed by atoms with Crippen molar-refractivity contribution >= 4 is 15.9 Å². The third-order valence-electron chi connectivity index (χ3n) is 4.33. The number of sulfonamides is 1. The zero-order valence-corrected chi connectivity index (χ0v) is 14.1. The van der Waals surface area contributed by atoms with Crippen molar-refractivity contribution in [2.75, 3.05) is 19.7 Å². The zero-order chi connectivity index (χ0) is 16.7. The first-order chi connectivity index (χ1) is 11.6. The molecule has 1 unspecified atom stereocenters. The summed E-state index contributed by atoms with van der Waals surface area (Å²) in [5.41, 5.74) is 1.67. The monoisotopic (exact) mass is 346 g/mol. The van der Waals surface area contributed by atoms with Crippen molar-refractivity contribution in [2.45, 2.75) is 24.5 Å². The van der Waals surface area contributed by atoms with E-state index >= 15 is 0 Å². The molecule has 7 nitrogen and oxygen atoms in total. The van der Waals surface area contributed by atoms with Crippen LogP contribution in [-0.4, -0.2) is 48.6 Å². The summed E-state index contributed by atoms with van der Waals surface area (Å²) in [6, 6.07) is 6.96. The highest BCUT2D eigenvalue weighted by Gasteiger charge is 2.34. The lowest BCUT2D eigenvalue weighted by atomic mass is 10.1. The summed E-state index contributed by atoms with van der Waals surface area (Å²) >= 11 is 0. The topological polar surface area (TPSA) is 76.8 Å². The minimum atomic E-state index is -3.60. The first kappa shape index (κ1) is 15.3. The number of ether oxygens (including phenoxy) is 1. The lowest BCUT2D eigenvalue weighted by Gasteiger charge is -2.33. The van der Waals surface area contributed by atoms with Gasteiger partial charge in [0.2, 0.25) is 0 Å². The Kier molecular flexibility index (Phi) is 3.65. The van der Waals surface area contributed by atoms with E-state index in [1.807, 2.05) is 28.8 Å². The van der Waals surface area contributed by atoms with Crippen molar-refractivity contribution in [1.29, 1.82) is 0 Å². The van der Waals surface area contributed by atoms with Crippen molar-refractivity contribution in [2.24, 2.45) is 4.40 Å². The molecule has 0 amide bonds. The van der Waals surface area contributed by atoms with Crippen LogP contribution in [0.3, 0.4) is 0 Å². The zero-order valence-electron chi connectivity index (χ0n) is 13.3. The van der Waals surface area contributed by atoms with E-state index in [2.05, 4.69) is 9.50 Å². The molecule has 0 spiro atoms. The molecular weight excluding hydrogens is 328 g/mol. The number of hydrogen-bond donors (Lipinski definition) is 0. The van der Waals surface area contributed by atoms with Gasteiger partial charge in [0, 0.05) is 30.4 Å². The van der Waals surface area contributed by atoms with Crippen LogP contribution < -0.4 is 0 Å². The van der Waals surface area contributed by atoms with Gasteiger partial charge in [-0.05, 0) is 19.1 Å². The van der Waals surface area contributed by atoms with Gasteiger partial charge in [0.05, 0.1) is 19.3 Å². The molecule has 126 valence electrons. The van der Waals surface area contributed by atoms with Gasteiger partial charge >= 0.3 is 0 Å². The Labute approximate surface area is 140 Å². The molecule has 0 saturated carbocycles. The minimum Gasteiger partial charge on any atom is -0.370 e. The maximum Gasteiger partial charge on any atom is 0.285 e. The van der Waals surface area contributed by atoms with Crippen LogP contribution in [0.15, 0.2) is 46.0 Å². The predicted molar refractivity (Wildman–Crippen MR) is 88.3 cm³/mol. The average molecular weight is 346 g/mol. The molecule has 24 heavy (non-hydrogen) atoms. The quantitative estimate of drug-likeness (QED) is 0.822. The van der Waals surface area contributed by atoms with Gasteiger partial charge in [-0.2, -0.15) is 13.5 Å². The Morgan fingerprint density at radius 1 is 1.33 bits per heavy atom. The average Bonchev–Trinajstić information content (AvgIpc) is 3.18. The maximum atomic E-state index is 12.2. The Morgan fingerprint density at radius 3 is 2.96 bits per heavy atom. The summed E-state index contributed by atoms with van der Waals surface area (Å²) in [5, 5.41) is 4.28. The van der Waals surface area contributed by atoms with Gasteiger partial charge < -0.3 is 9.64 Å². The largest absolute Gasteiger partial charge is 0.370 e. The standard InChI is InChI=1S/C16H18N4O3S/c1-2-20-10-12(9-17-20)14-11-19(7-8-23-14)16-13-5-3-4-6-15(13)24(21,22)18-16/h3-6,9-10,14H,2,7-8,11H2,1H3. The maximum absolute atomic E-state index is 12.2. The minimum absolute atomic E-state index is 0.141. The van der Waals surface area contributed by atoms with E-state index in [1.165, 1.54) is 0 Å². The fraction of sp³-hybridized carbons (Fsp3) is 0.375. The number of fused-ring (bicyclic) bond motifs is 1. The lowest BCUT2D eigenvalue weighted by molar-refractivity contribution is -0.00667. The Bertz CT molecular complexity index is 904. The molecule has 8 heteroatoms. The molecule has 2 aliphatic heterocycles. The SMILES string of the molecule is CCn1cc(C2CN(C3=NS(=O)(=O)c4ccccc43)CCO2)cn1. The van der Waals surface area contributed by atoms with Crippen LogP contribution in [0.5, 0.6) is 0 Å². The highest BCUT2D eigenvalue weighted by molar-refractivity contribution is 7.90. The predicted octanol–water partition coefficient (Wildman–Crippen LogP) is 1.43. The van der Waals surface area contributed by atoms with E-state index < -0.39 is 10.0 Å². The van der Waals surface area contributed by atoms with Gasteiger partial charge in [-0.3, -0.25) is 4.68 Å². The number of aryl methyl sites for hydroxylation is 1. The van der Waals surface area contributed by atoms with E-state index in [9.17, 15) is 8.42 Å². The third kappa shape index (κ3) is 2.51. The van der Waals surface area contributed by atoms with E-state index in [4.69, 9.17) is 4.74 Å². The molecule has 1 fully saturated rings. The number of rotatable bonds is 2. The second-order valence-corrected chi connectivity index (χ2v) is 7.39. The number of nitrogens with zero attached hydrogens (tertiary/aromatic N) is 4. The third-order valence-corrected chi connectivity index (χ3v) is 5.65. The van der Waals surface area contributed by atoms with E-state index in [1.54, 1.807) is 24.4 Å². The molecule has 1 aromatic carbocycles. The van der Waals surface area contributed by atoms with Crippen LogP contribution in [0.4, 0.5) is 0 Å². The summed E-state index contributed by atoms with van der Waals surface area (Å²) in [4.78, 5) is 2.27. The number of aromatic nitrogens is 2. The molecule has 4 rings (SSSR count). The molecule has 0 radical (unpaired) electrons. The van der Waals surface area contributed by atoms with Crippen LogP contribution >= 0.6 is 0 Å². The molecule has 0 aliphatic carbocycles. The first-order valence-corrected chi connectivity index (χ1v) is 9.36. The van der Waals surface area contributed by atoms with Crippen LogP contribution in [0, 0.1) is 0 Å². The van der Waals surface area contributed by atoms with Crippen LogP contribution in [-0.2, 0) is 21.3 Å². The van der Waals surface area contributed by atoms with Crippen molar-refractivity contribution in [3.63, 3.8) is 0 Å². The summed E-state index contributed by atoms with van der Waals surface area (Å²) < 4.78 is 36.2. The lowest BCUT2D eigenvalue weighted by Crippen LogP contribution is -2.42. The van der Waals surface area contributed by atoms with E-state index in [-0.39, 0.29) is 11.0 Å². The summed E-state index contributed by atoms with van der Waals surface area (Å²) in [7, 11) is -3.60. The van der Waals surface area contributed by atoms with Crippen LogP contribution in [0.25, 0.3) is 0 Å². The first-order valence-electron chi connectivity index (χ1n) is 7.92. The summed E-state index contributed by atoms with van der Waals surface area (Å²) in [6.07, 6.45) is 3.63. The van der Waals surface area contributed by atoms with E-state index in [0.717, 1.165) is 12.1 Å². The number of amidine groups is 1. The fourth-order valence-corrected chi connectivity index (χ4v) is 4.31. The number of morpholine rings is 1. The van der Waals surface area contributed by atoms with Crippen molar-refractivity contribution in [3.05, 3.63) is 47.8 Å². The normalized spacial score (nSPS) is 22.3. The second kappa shape index (κ2) is 5.71. The van der Waals surface area contributed by atoms with Gasteiger partial charge in [-0.25, -0.2) is 0 Å². The van der Waals surface area contributed by atoms with Gasteiger partial charge in [0.25, 0.3) is 10.0 Å². The Morgan fingerprint density at radius 2 is 2.17 bits per heavy atom. The molecule has 1 saturated heterocycles. The second-order valence-electron chi connectivity index (χ2n) is 5.82. The molecule has 1 aromatic heterocycles. The highest BCUT2D eigenvalue weighted by Crippen LogP contribution is 2.30. The molecule has 2 aromatic rings. The number of benzene rings is 1. The molecule has 2 aliphatic rings. The van der Waals surface area contributed by atoms with Crippen molar-refractivity contribution < 1.29 is 13.2 Å². The molecule has 3 heterocycles. The van der Waals surface area contributed by atoms with Gasteiger partial charge in [-0.1, -0.05) is 12.1 Å². The van der Waals surface area contributed by atoms with Gasteiger partial charge in [-0.15, -0.1) is 4.40 Å². The van der Waals surface area contributed by atoms with Crippen LogP contribution in [0.2, 0.25) is 0 Å². The smallest absolute Gasteiger partial charge is 0.285 e. The Hall–Kier alpha value is -2.19. The van der Waals surface area contributed by atoms with Crippen molar-refractivity contribution in [3.8, 4) is 0 Å². The number of hydrogen-bond acceptors (Lipinski definition) is 5. The van der Waals surface area contributed by atoms with E-state index in [0.29, 0.717) is 31.1 Å². The molecule has 1 atom stereocenters. The summed E-state index contributed by atoms with van der Waals surface area (Å²) in [5.74, 6) is 0.516. The molecule has 0 bridgehead atoms. The van der Waals surface area contributed by atoms with Crippen molar-refractivity contribution in [1.82, 2.24) is 14.7 Å². The fourth-order valence-electron chi connectivity index (χ4n) is 3.08.